The van der Waals surface area contributed by atoms with Gasteiger partial charge in [-0.3, -0.25) is 5.26 Å². The van der Waals surface area contributed by atoms with E-state index < -0.39 is 102 Å². The molecule has 336 valence electrons. The average molecular weight is 872 g/mol. The number of fused-ring (bicyclic) bond motifs is 1. The highest BCUT2D eigenvalue weighted by Gasteiger charge is 2.72. The number of para-hydroxylation sites is 1. The van der Waals surface area contributed by atoms with Gasteiger partial charge >= 0.3 is 42.4 Å². The molecule has 0 spiro atoms. The van der Waals surface area contributed by atoms with Crippen molar-refractivity contribution >= 4 is 28.9 Å². The lowest BCUT2D eigenvalue weighted by molar-refractivity contribution is -0.358. The van der Waals surface area contributed by atoms with Gasteiger partial charge in [0.15, 0.2) is 17.1 Å². The number of benzene rings is 1. The van der Waals surface area contributed by atoms with Crippen LogP contribution in [0.1, 0.15) is 81.1 Å². The number of aromatic nitrogens is 3. The summed E-state index contributed by atoms with van der Waals surface area (Å²) in [6.45, 7) is 15.5. The van der Waals surface area contributed by atoms with Crippen molar-refractivity contribution in [3.05, 3.63) is 48.6 Å². The Morgan fingerprint density at radius 2 is 1.29 bits per heavy atom. The summed E-state index contributed by atoms with van der Waals surface area (Å²) >= 11 is 0. The van der Waals surface area contributed by atoms with Gasteiger partial charge in [-0.2, -0.15) is 48.3 Å². The lowest BCUT2D eigenvalue weighted by atomic mass is 9.61. The van der Waals surface area contributed by atoms with Crippen LogP contribution in [-0.2, 0) is 39.0 Å². The van der Waals surface area contributed by atoms with Gasteiger partial charge in [0.2, 0.25) is 0 Å². The van der Waals surface area contributed by atoms with Crippen LogP contribution in [-0.4, -0.2) is 87.5 Å². The predicted octanol–water partition coefficient (Wildman–Crippen LogP) is 9.71. The minimum absolute atomic E-state index is 0.0153. The number of nitrogens with zero attached hydrogens (tertiary/aromatic N) is 3. The molecule has 11 nitrogen and oxygen atoms in total. The Morgan fingerprint density at radius 3 is 1.71 bits per heavy atom. The molecule has 2 aromatic rings. The Bertz CT molecular complexity index is 1770. The first-order valence-corrected chi connectivity index (χ1v) is 17.6. The van der Waals surface area contributed by atoms with E-state index in [-0.39, 0.29) is 35.5 Å². The second-order valence-electron chi connectivity index (χ2n) is 15.1. The van der Waals surface area contributed by atoms with Crippen LogP contribution in [0.25, 0.3) is 11.0 Å². The molecule has 1 fully saturated rings. The Labute approximate surface area is 332 Å². The molecule has 5 atom stereocenters. The van der Waals surface area contributed by atoms with E-state index in [1.165, 1.54) is 72.9 Å². The highest BCUT2D eigenvalue weighted by atomic mass is 19.4. The molecule has 1 aliphatic rings. The van der Waals surface area contributed by atoms with E-state index in [2.05, 4.69) is 37.8 Å². The van der Waals surface area contributed by atoms with Gasteiger partial charge in [0.05, 0.1) is 12.6 Å². The summed E-state index contributed by atoms with van der Waals surface area (Å²) in [7, 11) is 1.18. The van der Waals surface area contributed by atoms with Gasteiger partial charge in [-0.15, -0.1) is 5.10 Å². The largest absolute Gasteiger partial charge is 0.459 e. The van der Waals surface area contributed by atoms with E-state index in [1.807, 2.05) is 0 Å². The smallest absolute Gasteiger partial charge is 0.413 e. The third-order valence-corrected chi connectivity index (χ3v) is 9.48. The normalized spacial score (nSPS) is 19.4. The van der Waals surface area contributed by atoms with Crippen LogP contribution in [0.15, 0.2) is 48.6 Å². The molecule has 0 saturated heterocycles. The topological polar surface area (TPSA) is 139 Å². The molecule has 1 aromatic heterocycles. The fourth-order valence-electron chi connectivity index (χ4n) is 6.03. The van der Waals surface area contributed by atoms with Gasteiger partial charge in [0, 0.05) is 11.1 Å². The fourth-order valence-corrected chi connectivity index (χ4v) is 6.03. The summed E-state index contributed by atoms with van der Waals surface area (Å²) in [4.78, 5) is 38.1. The van der Waals surface area contributed by atoms with Crippen molar-refractivity contribution in [2.75, 3.05) is 7.11 Å². The zero-order chi connectivity index (χ0) is 46.3. The first-order chi connectivity index (χ1) is 26.6. The van der Waals surface area contributed by atoms with Crippen molar-refractivity contribution in [2.24, 2.45) is 17.3 Å². The molecule has 0 bridgehead atoms. The van der Waals surface area contributed by atoms with Gasteiger partial charge in [-0.1, -0.05) is 37.4 Å². The van der Waals surface area contributed by atoms with E-state index in [9.17, 15) is 62.7 Å². The van der Waals surface area contributed by atoms with Gasteiger partial charge in [-0.05, 0) is 98.1 Å². The van der Waals surface area contributed by atoms with Gasteiger partial charge in [0.25, 0.3) is 0 Å². The minimum Gasteiger partial charge on any atom is -0.459 e. The maximum Gasteiger partial charge on any atom is 0.413 e. The maximum atomic E-state index is 14.7. The van der Waals surface area contributed by atoms with Crippen molar-refractivity contribution < 1.29 is 87.0 Å². The van der Waals surface area contributed by atoms with Crippen molar-refractivity contribution in [1.82, 2.24) is 15.0 Å². The van der Waals surface area contributed by atoms with E-state index in [1.54, 1.807) is 0 Å². The number of carbonyl (C=O) groups is 3. The number of rotatable bonds is 10. The third-order valence-electron chi connectivity index (χ3n) is 9.48. The van der Waals surface area contributed by atoms with Gasteiger partial charge in [-0.25, -0.2) is 24.0 Å². The van der Waals surface area contributed by atoms with Crippen molar-refractivity contribution in [3.63, 3.8) is 0 Å². The second kappa shape index (κ2) is 19.4. The van der Waals surface area contributed by atoms with Crippen LogP contribution in [0.3, 0.4) is 0 Å². The molecular weight excluding hydrogens is 823 g/mol. The van der Waals surface area contributed by atoms with Crippen molar-refractivity contribution in [1.29, 1.82) is 0 Å². The Morgan fingerprint density at radius 1 is 0.814 bits per heavy atom. The number of carbonyl (C=O) groups excluding carboxylic acids is 3. The number of esters is 3. The average Bonchev–Trinajstić information content (AvgIpc) is 3.52. The Balaban J connectivity index is 0.000000666. The molecule has 5 unspecified atom stereocenters. The summed E-state index contributed by atoms with van der Waals surface area (Å²) in [5, 5.41) is 14.3. The summed E-state index contributed by atoms with van der Waals surface area (Å²) in [5.74, 6) is -12.0. The Hall–Kier alpha value is -4.34. The van der Waals surface area contributed by atoms with Crippen LogP contribution >= 0.6 is 0 Å². The zero-order valence-electron chi connectivity index (χ0n) is 33.7. The zero-order valence-corrected chi connectivity index (χ0v) is 33.7. The lowest BCUT2D eigenvalue weighted by Crippen LogP contribution is -2.59. The predicted molar refractivity (Wildman–Crippen MR) is 188 cm³/mol. The number of hydrogen-bond acceptors (Lipinski definition) is 10. The van der Waals surface area contributed by atoms with E-state index in [0.717, 1.165) is 0 Å². The molecule has 59 heavy (non-hydrogen) atoms. The maximum absolute atomic E-state index is 14.7. The van der Waals surface area contributed by atoms with E-state index in [4.69, 9.17) is 9.99 Å². The van der Waals surface area contributed by atoms with E-state index in [0.29, 0.717) is 11.6 Å². The highest BCUT2D eigenvalue weighted by molar-refractivity contribution is 5.88. The number of ether oxygens (including phenoxy) is 3. The summed E-state index contributed by atoms with van der Waals surface area (Å²) < 4.78 is 170. The third kappa shape index (κ3) is 12.4. The SMILES string of the molecule is C=C(C)C(=O)OC(CC)C(F)(F)C(=O)OC(C)(C)C.C=C(C)C(=O)OC1CC(C(C)(n2nnc3ccccc32)C(F)(F)F)CC(C(C)(C(F)(F)F)C(F)(F)F)C1.COO. The monoisotopic (exact) mass is 871 g/mol. The minimum atomic E-state index is -5.85. The molecule has 1 N–H and O–H groups in total. The van der Waals surface area contributed by atoms with Crippen LogP contribution in [0, 0.1) is 17.3 Å². The number of hydrogen-bond donors (Lipinski definition) is 1. The molecule has 22 heteroatoms. The van der Waals surface area contributed by atoms with Crippen LogP contribution in [0.4, 0.5) is 48.3 Å². The first-order valence-electron chi connectivity index (χ1n) is 17.6. The molecule has 3 rings (SSSR count). The quantitative estimate of drug-likeness (QED) is 0.0613. The second-order valence-corrected chi connectivity index (χ2v) is 15.1. The first kappa shape index (κ1) is 52.7. The molecule has 0 amide bonds. The lowest BCUT2D eigenvalue weighted by Gasteiger charge is -2.49. The van der Waals surface area contributed by atoms with E-state index >= 15 is 0 Å². The van der Waals surface area contributed by atoms with Gasteiger partial charge in [0.1, 0.15) is 17.2 Å². The molecule has 1 aliphatic carbocycles. The summed E-state index contributed by atoms with van der Waals surface area (Å²) in [5.41, 5.74) is -8.80. The fraction of sp³-hybridized carbons (Fsp3) is 0.649. The Kier molecular flexibility index (Phi) is 17.3. The standard InChI is InChI=1S/C23H24F9N3O2.C13H20F2O4.CH4O2/c1-12(2)18(36)37-15-10-13(19(3,21(24,25)26)22(27,28)29)9-14(11-15)20(4,23(30,31)32)35-17-8-6-5-7-16(17)33-34-35;1-7-9(18-10(16)8(2)3)13(14,15)11(17)19-12(4,5)6;1-3-2/h5-8,13-15H,1,9-11H2,2-4H3;9H,2,7H2,1,3-6H3;2H,1H3. The summed E-state index contributed by atoms with van der Waals surface area (Å²) in [6.07, 6.45) is -23.4. The number of alkyl halides is 11. The van der Waals surface area contributed by atoms with Crippen LogP contribution < -0.4 is 0 Å². The van der Waals surface area contributed by atoms with Crippen LogP contribution in [0.2, 0.25) is 0 Å². The molecule has 0 radical (unpaired) electrons. The summed E-state index contributed by atoms with van der Waals surface area (Å²) in [6, 6.07) is 5.49. The molecule has 0 aliphatic heterocycles. The molecule has 1 heterocycles. The van der Waals surface area contributed by atoms with Crippen LogP contribution in [0.5, 0.6) is 0 Å². The molecule has 1 saturated carbocycles. The van der Waals surface area contributed by atoms with Gasteiger partial charge < -0.3 is 14.2 Å². The van der Waals surface area contributed by atoms with Crippen molar-refractivity contribution in [3.8, 4) is 0 Å². The molecular formula is C37H48F11N3O8. The number of halogens is 11. The molecule has 1 aromatic carbocycles. The van der Waals surface area contributed by atoms with Crippen molar-refractivity contribution in [2.45, 2.75) is 129 Å². The highest BCUT2D eigenvalue weighted by Crippen LogP contribution is 2.61.